The largest absolute Gasteiger partial charge is 0.462 e. The summed E-state index contributed by atoms with van der Waals surface area (Å²) in [6, 6.07) is 11.2. The minimum atomic E-state index is -0.482. The summed E-state index contributed by atoms with van der Waals surface area (Å²) in [6.07, 6.45) is 5.48. The number of anilines is 1. The van der Waals surface area contributed by atoms with Gasteiger partial charge in [0.15, 0.2) is 0 Å². The molecule has 0 atom stereocenters. The highest BCUT2D eigenvalue weighted by atomic mass is 32.1. The Morgan fingerprint density at radius 1 is 1.31 bits per heavy atom. The molecule has 0 spiro atoms. The number of carbonyl (C=O) groups is 1. The van der Waals surface area contributed by atoms with Crippen LogP contribution in [0.15, 0.2) is 51.1 Å². The summed E-state index contributed by atoms with van der Waals surface area (Å²) < 4.78 is 10.7. The highest BCUT2D eigenvalue weighted by molar-refractivity contribution is 7.16. The average molecular weight is 504 g/mol. The van der Waals surface area contributed by atoms with Crippen LogP contribution in [0.4, 0.5) is 5.00 Å². The molecule has 0 amide bonds. The van der Waals surface area contributed by atoms with E-state index in [2.05, 4.69) is 16.4 Å². The number of allylic oxidation sites excluding steroid dienone is 1. The molecule has 0 saturated heterocycles. The molecule has 0 unspecified atom stereocenters. The Morgan fingerprint density at radius 3 is 2.97 bits per heavy atom. The second-order valence-corrected chi connectivity index (χ2v) is 9.94. The van der Waals surface area contributed by atoms with Crippen molar-refractivity contribution in [2.75, 3.05) is 11.9 Å². The van der Waals surface area contributed by atoms with E-state index in [-0.39, 0.29) is 5.97 Å². The van der Waals surface area contributed by atoms with Gasteiger partial charge in [-0.2, -0.15) is 5.26 Å². The van der Waals surface area contributed by atoms with Gasteiger partial charge in [-0.25, -0.2) is 14.6 Å². The average Bonchev–Trinajstić information content (AvgIpc) is 3.49. The molecule has 0 fully saturated rings. The number of ether oxygens (including phenoxy) is 1. The predicted octanol–water partition coefficient (Wildman–Crippen LogP) is 6.01. The summed E-state index contributed by atoms with van der Waals surface area (Å²) in [5, 5.41) is 16.6. The zero-order valence-corrected chi connectivity index (χ0v) is 20.6. The fourth-order valence-electron chi connectivity index (χ4n) is 4.13. The first kappa shape index (κ1) is 23.0. The quantitative estimate of drug-likeness (QED) is 0.195. The molecule has 1 aromatic carbocycles. The first-order valence-corrected chi connectivity index (χ1v) is 13.0. The van der Waals surface area contributed by atoms with E-state index in [4.69, 9.17) is 9.15 Å². The molecule has 7 nitrogen and oxygen atoms in total. The number of thiophene rings is 1. The first-order chi connectivity index (χ1) is 17.1. The number of nitriles is 1. The molecular weight excluding hydrogens is 482 g/mol. The van der Waals surface area contributed by atoms with E-state index in [0.29, 0.717) is 44.6 Å². The Morgan fingerprint density at radius 2 is 2.14 bits per heavy atom. The zero-order chi connectivity index (χ0) is 24.4. The maximum absolute atomic E-state index is 12.7. The molecule has 1 N–H and O–H groups in total. The van der Waals surface area contributed by atoms with E-state index < -0.39 is 5.63 Å². The minimum Gasteiger partial charge on any atom is -0.462 e. The third-order valence-corrected chi connectivity index (χ3v) is 7.87. The number of rotatable bonds is 6. The number of benzene rings is 1. The smallest absolute Gasteiger partial charge is 0.345 e. The van der Waals surface area contributed by atoms with Crippen molar-refractivity contribution >= 4 is 50.2 Å². The van der Waals surface area contributed by atoms with Crippen molar-refractivity contribution in [2.45, 2.75) is 32.6 Å². The number of thiazole rings is 1. The SMILES string of the molecule is CCOC(=O)c1c(N/C=C(/C#N)c2nc(-c3cc4ccccc4oc3=O)cs2)sc2c1CCCC2. The van der Waals surface area contributed by atoms with Crippen LogP contribution in [0.25, 0.3) is 27.8 Å². The van der Waals surface area contributed by atoms with Crippen molar-refractivity contribution in [3.63, 3.8) is 0 Å². The van der Waals surface area contributed by atoms with E-state index in [1.165, 1.54) is 27.6 Å². The number of carbonyl (C=O) groups excluding carboxylic acids is 1. The zero-order valence-electron chi connectivity index (χ0n) is 18.9. The molecule has 1 aliphatic rings. The monoisotopic (exact) mass is 503 g/mol. The molecule has 0 aliphatic heterocycles. The normalized spacial score (nSPS) is 13.3. The molecule has 3 aromatic heterocycles. The number of hydrogen-bond acceptors (Lipinski definition) is 9. The fourth-order valence-corrected chi connectivity index (χ4v) is 6.16. The minimum absolute atomic E-state index is 0.298. The number of fused-ring (bicyclic) bond motifs is 2. The topological polar surface area (TPSA) is 105 Å². The molecule has 5 rings (SSSR count). The Balaban J connectivity index is 1.46. The molecule has 0 saturated carbocycles. The number of nitrogens with zero attached hydrogens (tertiary/aromatic N) is 2. The highest BCUT2D eigenvalue weighted by Gasteiger charge is 2.26. The van der Waals surface area contributed by atoms with Crippen molar-refractivity contribution in [1.82, 2.24) is 4.98 Å². The van der Waals surface area contributed by atoms with E-state index in [0.717, 1.165) is 36.6 Å². The maximum atomic E-state index is 12.7. The second-order valence-electron chi connectivity index (χ2n) is 7.97. The van der Waals surface area contributed by atoms with Crippen LogP contribution < -0.4 is 10.9 Å². The van der Waals surface area contributed by atoms with Gasteiger partial charge in [0, 0.05) is 21.8 Å². The number of aromatic nitrogens is 1. The summed E-state index contributed by atoms with van der Waals surface area (Å²) in [5.41, 5.74) is 2.73. The predicted molar refractivity (Wildman–Crippen MR) is 138 cm³/mol. The lowest BCUT2D eigenvalue weighted by molar-refractivity contribution is 0.0526. The highest BCUT2D eigenvalue weighted by Crippen LogP contribution is 2.39. The number of nitrogens with one attached hydrogen (secondary N) is 1. The van der Waals surface area contributed by atoms with Gasteiger partial charge in [0.05, 0.1) is 23.4 Å². The summed E-state index contributed by atoms with van der Waals surface area (Å²) in [4.78, 5) is 30.9. The van der Waals surface area contributed by atoms with Gasteiger partial charge in [-0.15, -0.1) is 22.7 Å². The van der Waals surface area contributed by atoms with Crippen molar-refractivity contribution in [3.05, 3.63) is 73.3 Å². The Kier molecular flexibility index (Phi) is 6.49. The van der Waals surface area contributed by atoms with Crippen LogP contribution in [0.1, 0.15) is 45.6 Å². The summed E-state index contributed by atoms with van der Waals surface area (Å²) >= 11 is 2.79. The molecule has 0 bridgehead atoms. The van der Waals surface area contributed by atoms with Crippen molar-refractivity contribution in [1.29, 1.82) is 5.26 Å². The van der Waals surface area contributed by atoms with E-state index in [1.54, 1.807) is 36.7 Å². The van der Waals surface area contributed by atoms with Gasteiger partial charge in [-0.3, -0.25) is 0 Å². The lowest BCUT2D eigenvalue weighted by Gasteiger charge is -2.12. The lowest BCUT2D eigenvalue weighted by atomic mass is 9.95. The fraction of sp³-hybridized carbons (Fsp3) is 0.231. The molecular formula is C26H21N3O4S2. The number of esters is 1. The Labute approximate surface area is 209 Å². The molecule has 0 radical (unpaired) electrons. The van der Waals surface area contributed by atoms with Gasteiger partial charge < -0.3 is 14.5 Å². The van der Waals surface area contributed by atoms with Gasteiger partial charge in [-0.05, 0) is 50.3 Å². The first-order valence-electron chi connectivity index (χ1n) is 11.3. The Bertz CT molecular complexity index is 1550. The van der Waals surface area contributed by atoms with Crippen molar-refractivity contribution in [3.8, 4) is 17.3 Å². The molecule has 1 aliphatic carbocycles. The Hall–Kier alpha value is -3.74. The maximum Gasteiger partial charge on any atom is 0.345 e. The number of hydrogen-bond donors (Lipinski definition) is 1. The van der Waals surface area contributed by atoms with Gasteiger partial charge in [0.25, 0.3) is 0 Å². The molecule has 35 heavy (non-hydrogen) atoms. The van der Waals surface area contributed by atoms with Crippen LogP contribution in [0.3, 0.4) is 0 Å². The summed E-state index contributed by atoms with van der Waals surface area (Å²) in [5.74, 6) is -0.346. The molecule has 9 heteroatoms. The van der Waals surface area contributed by atoms with Gasteiger partial charge in [-0.1, -0.05) is 18.2 Å². The van der Waals surface area contributed by atoms with E-state index in [9.17, 15) is 14.9 Å². The van der Waals surface area contributed by atoms with Gasteiger partial charge in [0.2, 0.25) is 0 Å². The summed E-state index contributed by atoms with van der Waals surface area (Å²) in [7, 11) is 0. The van der Waals surface area contributed by atoms with Crippen molar-refractivity contribution < 1.29 is 13.9 Å². The van der Waals surface area contributed by atoms with Crippen LogP contribution >= 0.6 is 22.7 Å². The van der Waals surface area contributed by atoms with Crippen molar-refractivity contribution in [2.24, 2.45) is 0 Å². The van der Waals surface area contributed by atoms with E-state index in [1.807, 2.05) is 12.1 Å². The third kappa shape index (κ3) is 4.50. The third-order valence-electron chi connectivity index (χ3n) is 5.77. The summed E-state index contributed by atoms with van der Waals surface area (Å²) in [6.45, 7) is 2.08. The number of aryl methyl sites for hydroxylation is 1. The van der Waals surface area contributed by atoms with Crippen LogP contribution in [-0.4, -0.2) is 17.6 Å². The van der Waals surface area contributed by atoms with Crippen LogP contribution in [0, 0.1) is 11.3 Å². The standard InChI is InChI=1S/C26H21N3O4S2/c1-2-32-26(31)22-17-8-4-6-10-21(17)35-24(22)28-13-16(12-27)23-29-19(14-34-23)18-11-15-7-3-5-9-20(15)33-25(18)30/h3,5,7,9,11,13-14,28H,2,4,6,8,10H2,1H3/b16-13-. The van der Waals surface area contributed by atoms with Crippen LogP contribution in [0.5, 0.6) is 0 Å². The van der Waals surface area contributed by atoms with Gasteiger partial charge in [0.1, 0.15) is 27.2 Å². The molecule has 4 aromatic rings. The second kappa shape index (κ2) is 9.86. The van der Waals surface area contributed by atoms with Gasteiger partial charge >= 0.3 is 11.6 Å². The molecule has 176 valence electrons. The van der Waals surface area contributed by atoms with E-state index >= 15 is 0 Å². The number of para-hydroxylation sites is 1. The van der Waals surface area contributed by atoms with Crippen LogP contribution in [-0.2, 0) is 17.6 Å². The lowest BCUT2D eigenvalue weighted by Crippen LogP contribution is -2.10. The van der Waals surface area contributed by atoms with Crippen LogP contribution in [0.2, 0.25) is 0 Å². The molecule has 3 heterocycles.